The van der Waals surface area contributed by atoms with Crippen LogP contribution in [-0.4, -0.2) is 18.1 Å². The molecule has 70 valence electrons. The van der Waals surface area contributed by atoms with E-state index in [0.717, 1.165) is 10.2 Å². The summed E-state index contributed by atoms with van der Waals surface area (Å²) in [6.45, 7) is 2.29. The van der Waals surface area contributed by atoms with Crippen LogP contribution in [0.2, 0.25) is 0 Å². The minimum Gasteiger partial charge on any atom is -0.316 e. The molecule has 1 unspecified atom stereocenters. The van der Waals surface area contributed by atoms with Crippen molar-refractivity contribution in [2.45, 2.75) is 18.8 Å². The summed E-state index contributed by atoms with van der Waals surface area (Å²) >= 11 is 2.24. The lowest BCUT2D eigenvalue weighted by Crippen LogP contribution is -2.28. The second kappa shape index (κ2) is 4.37. The highest BCUT2D eigenvalue weighted by Crippen LogP contribution is 2.22. The van der Waals surface area contributed by atoms with Crippen LogP contribution in [0.1, 0.15) is 24.3 Å². The van der Waals surface area contributed by atoms with Crippen LogP contribution in [0.15, 0.2) is 18.3 Å². The van der Waals surface area contributed by atoms with Crippen LogP contribution in [0.4, 0.5) is 0 Å². The first-order valence-corrected chi connectivity index (χ1v) is 5.76. The van der Waals surface area contributed by atoms with E-state index in [-0.39, 0.29) is 0 Å². The lowest BCUT2D eigenvalue weighted by Gasteiger charge is -2.22. The summed E-state index contributed by atoms with van der Waals surface area (Å²) < 4.78 is 1.07. The molecule has 2 heterocycles. The molecule has 1 aliphatic heterocycles. The Morgan fingerprint density at radius 3 is 3.00 bits per heavy atom. The Bertz CT molecular complexity index is 265. The Labute approximate surface area is 92.3 Å². The summed E-state index contributed by atoms with van der Waals surface area (Å²) in [5.74, 6) is 0.679. The number of nitrogens with one attached hydrogen (secondary N) is 1. The van der Waals surface area contributed by atoms with E-state index in [4.69, 9.17) is 0 Å². The first-order chi connectivity index (χ1) is 6.36. The average molecular weight is 288 g/mol. The molecule has 0 spiro atoms. The fourth-order valence-electron chi connectivity index (χ4n) is 1.77. The van der Waals surface area contributed by atoms with Crippen molar-refractivity contribution < 1.29 is 0 Å². The zero-order chi connectivity index (χ0) is 9.10. The van der Waals surface area contributed by atoms with Crippen molar-refractivity contribution in [3.8, 4) is 0 Å². The van der Waals surface area contributed by atoms with Gasteiger partial charge in [0.1, 0.15) is 3.70 Å². The molecule has 1 aromatic heterocycles. The first-order valence-electron chi connectivity index (χ1n) is 4.68. The lowest BCUT2D eigenvalue weighted by molar-refractivity contribution is 0.461. The van der Waals surface area contributed by atoms with Gasteiger partial charge < -0.3 is 5.32 Å². The van der Waals surface area contributed by atoms with E-state index >= 15 is 0 Å². The zero-order valence-electron chi connectivity index (χ0n) is 7.46. The van der Waals surface area contributed by atoms with Gasteiger partial charge in [-0.25, -0.2) is 0 Å². The summed E-state index contributed by atoms with van der Waals surface area (Å²) in [5, 5.41) is 3.42. The van der Waals surface area contributed by atoms with Gasteiger partial charge in [0, 0.05) is 12.7 Å². The quantitative estimate of drug-likeness (QED) is 0.632. The molecule has 0 radical (unpaired) electrons. The molecule has 1 N–H and O–H groups in total. The highest BCUT2D eigenvalue weighted by Gasteiger charge is 2.14. The molecule has 0 saturated carbocycles. The van der Waals surface area contributed by atoms with Crippen LogP contribution in [-0.2, 0) is 0 Å². The molecular formula is C10H13IN2. The van der Waals surface area contributed by atoms with Crippen molar-refractivity contribution >= 4 is 22.6 Å². The predicted molar refractivity (Wildman–Crippen MR) is 61.8 cm³/mol. The number of piperidine rings is 1. The van der Waals surface area contributed by atoms with Gasteiger partial charge in [-0.2, -0.15) is 0 Å². The van der Waals surface area contributed by atoms with Gasteiger partial charge in [0.15, 0.2) is 0 Å². The van der Waals surface area contributed by atoms with Gasteiger partial charge in [0.05, 0.1) is 0 Å². The maximum absolute atomic E-state index is 4.31. The van der Waals surface area contributed by atoms with E-state index in [1.165, 1.54) is 24.9 Å². The van der Waals surface area contributed by atoms with E-state index in [9.17, 15) is 0 Å². The van der Waals surface area contributed by atoms with Crippen molar-refractivity contribution in [1.29, 1.82) is 0 Å². The Hall–Kier alpha value is -0.160. The molecule has 0 aromatic carbocycles. The molecule has 2 rings (SSSR count). The van der Waals surface area contributed by atoms with Crippen molar-refractivity contribution in [1.82, 2.24) is 10.3 Å². The standard InChI is InChI=1S/C10H13IN2/c11-10-4-3-9(7-13-10)8-2-1-5-12-6-8/h3-4,7-8,12H,1-2,5-6H2. The number of nitrogens with zero attached hydrogens (tertiary/aromatic N) is 1. The molecule has 0 aliphatic carbocycles. The number of hydrogen-bond donors (Lipinski definition) is 1. The average Bonchev–Trinajstić information content (AvgIpc) is 2.20. The normalized spacial score (nSPS) is 23.0. The van der Waals surface area contributed by atoms with Crippen LogP contribution < -0.4 is 5.32 Å². The van der Waals surface area contributed by atoms with Crippen LogP contribution in [0.25, 0.3) is 0 Å². The topological polar surface area (TPSA) is 24.9 Å². The SMILES string of the molecule is Ic1ccc(C2CCCNC2)cn1. The molecule has 3 heteroatoms. The van der Waals surface area contributed by atoms with Gasteiger partial charge in [0.25, 0.3) is 0 Å². The monoisotopic (exact) mass is 288 g/mol. The van der Waals surface area contributed by atoms with Crippen LogP contribution in [0.5, 0.6) is 0 Å². The molecular weight excluding hydrogens is 275 g/mol. The van der Waals surface area contributed by atoms with E-state index in [2.05, 4.69) is 45.0 Å². The lowest BCUT2D eigenvalue weighted by atomic mass is 9.93. The van der Waals surface area contributed by atoms with E-state index in [1.54, 1.807) is 0 Å². The van der Waals surface area contributed by atoms with E-state index in [0.29, 0.717) is 5.92 Å². The Balaban J connectivity index is 2.10. The number of aromatic nitrogens is 1. The number of hydrogen-bond acceptors (Lipinski definition) is 2. The van der Waals surface area contributed by atoms with Crippen LogP contribution in [0, 0.1) is 3.70 Å². The maximum atomic E-state index is 4.31. The second-order valence-corrected chi connectivity index (χ2v) is 4.56. The minimum atomic E-state index is 0.679. The van der Waals surface area contributed by atoms with Gasteiger partial charge in [-0.15, -0.1) is 0 Å². The highest BCUT2D eigenvalue weighted by molar-refractivity contribution is 14.1. The Kier molecular flexibility index (Phi) is 3.16. The summed E-state index contributed by atoms with van der Waals surface area (Å²) in [6.07, 6.45) is 4.60. The third-order valence-corrected chi connectivity index (χ3v) is 3.16. The zero-order valence-corrected chi connectivity index (χ0v) is 9.62. The molecule has 0 amide bonds. The summed E-state index contributed by atoms with van der Waals surface area (Å²) in [4.78, 5) is 4.31. The third kappa shape index (κ3) is 2.40. The van der Waals surface area contributed by atoms with E-state index < -0.39 is 0 Å². The molecule has 1 fully saturated rings. The van der Waals surface area contributed by atoms with Gasteiger partial charge in [0.2, 0.25) is 0 Å². The predicted octanol–water partition coefficient (Wildman–Crippen LogP) is 2.15. The highest BCUT2D eigenvalue weighted by atomic mass is 127. The number of pyridine rings is 1. The van der Waals surface area contributed by atoms with Gasteiger partial charge in [-0.3, -0.25) is 4.98 Å². The van der Waals surface area contributed by atoms with Gasteiger partial charge in [-0.1, -0.05) is 6.07 Å². The first kappa shape index (κ1) is 9.40. The molecule has 1 atom stereocenters. The van der Waals surface area contributed by atoms with Crippen molar-refractivity contribution in [3.63, 3.8) is 0 Å². The summed E-state index contributed by atoms with van der Waals surface area (Å²) in [6, 6.07) is 4.29. The largest absolute Gasteiger partial charge is 0.316 e. The van der Waals surface area contributed by atoms with Crippen molar-refractivity contribution in [2.24, 2.45) is 0 Å². The molecule has 13 heavy (non-hydrogen) atoms. The summed E-state index contributed by atoms with van der Waals surface area (Å²) in [7, 11) is 0. The number of rotatable bonds is 1. The van der Waals surface area contributed by atoms with Crippen molar-refractivity contribution in [3.05, 3.63) is 27.6 Å². The number of halogens is 1. The second-order valence-electron chi connectivity index (χ2n) is 3.46. The Morgan fingerprint density at radius 1 is 1.46 bits per heavy atom. The fraction of sp³-hybridized carbons (Fsp3) is 0.500. The molecule has 0 bridgehead atoms. The molecule has 1 aliphatic rings. The molecule has 1 saturated heterocycles. The van der Waals surface area contributed by atoms with Crippen LogP contribution in [0.3, 0.4) is 0 Å². The third-order valence-electron chi connectivity index (χ3n) is 2.52. The van der Waals surface area contributed by atoms with Gasteiger partial charge in [-0.05, 0) is 59.5 Å². The smallest absolute Gasteiger partial charge is 0.101 e. The van der Waals surface area contributed by atoms with E-state index in [1.807, 2.05) is 6.20 Å². The molecule has 1 aromatic rings. The maximum Gasteiger partial charge on any atom is 0.101 e. The Morgan fingerprint density at radius 2 is 2.38 bits per heavy atom. The van der Waals surface area contributed by atoms with Crippen LogP contribution >= 0.6 is 22.6 Å². The van der Waals surface area contributed by atoms with Crippen molar-refractivity contribution in [2.75, 3.05) is 13.1 Å². The fourth-order valence-corrected chi connectivity index (χ4v) is 2.08. The summed E-state index contributed by atoms with van der Waals surface area (Å²) in [5.41, 5.74) is 1.38. The molecule has 2 nitrogen and oxygen atoms in total. The minimum absolute atomic E-state index is 0.679. The van der Waals surface area contributed by atoms with Gasteiger partial charge >= 0.3 is 0 Å².